The molecule has 0 unspecified atom stereocenters. The molecule has 11 heteroatoms. The van der Waals surface area contributed by atoms with Gasteiger partial charge in [-0.25, -0.2) is 0 Å². The average Bonchev–Trinajstić information content (AvgIpc) is 3.01. The molecule has 4 aromatic carbocycles. The molecule has 3 amide bonds. The van der Waals surface area contributed by atoms with Crippen LogP contribution >= 0.6 is 11.8 Å². The third-order valence-corrected chi connectivity index (χ3v) is 6.99. The zero-order valence-electron chi connectivity index (χ0n) is 23.5. The molecule has 0 aliphatic rings. The molecule has 0 radical (unpaired) electrons. The van der Waals surface area contributed by atoms with E-state index in [-0.39, 0.29) is 17.1 Å². The van der Waals surface area contributed by atoms with Crippen molar-refractivity contribution in [2.45, 2.75) is 18.0 Å². The normalized spacial score (nSPS) is 11.4. The van der Waals surface area contributed by atoms with Gasteiger partial charge in [0.25, 0.3) is 11.8 Å². The van der Waals surface area contributed by atoms with Gasteiger partial charge in [0.2, 0.25) is 5.91 Å². The standard InChI is InChI=1S/C33H28F3N3O4S/c1-2-43-25-17-15-22(16-18-25)19-29(39-31(41)23-9-4-3-5-10-23)32(42)37-24-11-8-12-26(20-24)44-21-30(40)38-28-14-7-6-13-27(28)33(34,35)36/h3-20H,2,21H2,1H3,(H,37,42)(H,38,40)(H,39,41)/b29-19+. The minimum Gasteiger partial charge on any atom is -0.494 e. The van der Waals surface area contributed by atoms with E-state index in [0.717, 1.165) is 17.8 Å². The fourth-order valence-corrected chi connectivity index (χ4v) is 4.73. The molecule has 0 aliphatic heterocycles. The molecule has 0 aromatic heterocycles. The van der Waals surface area contributed by atoms with E-state index in [1.807, 2.05) is 6.92 Å². The van der Waals surface area contributed by atoms with Crippen molar-refractivity contribution in [3.8, 4) is 5.75 Å². The highest BCUT2D eigenvalue weighted by atomic mass is 32.2. The first-order chi connectivity index (χ1) is 21.1. The van der Waals surface area contributed by atoms with Crippen LogP contribution in [-0.2, 0) is 15.8 Å². The van der Waals surface area contributed by atoms with Crippen LogP contribution < -0.4 is 20.7 Å². The number of ether oxygens (including phenoxy) is 1. The van der Waals surface area contributed by atoms with E-state index in [0.29, 0.717) is 34.1 Å². The van der Waals surface area contributed by atoms with Crippen LogP contribution in [0.3, 0.4) is 0 Å². The number of anilines is 2. The molecule has 3 N–H and O–H groups in total. The fraction of sp³-hybridized carbons (Fsp3) is 0.121. The molecule has 226 valence electrons. The Morgan fingerprint density at radius 1 is 0.841 bits per heavy atom. The first-order valence-corrected chi connectivity index (χ1v) is 14.4. The largest absolute Gasteiger partial charge is 0.494 e. The minimum absolute atomic E-state index is 0.0104. The topological polar surface area (TPSA) is 96.5 Å². The molecule has 0 heterocycles. The number of halogens is 3. The van der Waals surface area contributed by atoms with Crippen molar-refractivity contribution >= 4 is 46.9 Å². The SMILES string of the molecule is CCOc1ccc(/C=C(/NC(=O)c2ccccc2)C(=O)Nc2cccc(SCC(=O)Nc3ccccc3C(F)(F)F)c2)cc1. The van der Waals surface area contributed by atoms with Crippen molar-refractivity contribution < 1.29 is 32.3 Å². The second-order valence-electron chi connectivity index (χ2n) is 9.24. The third-order valence-electron chi connectivity index (χ3n) is 6.00. The van der Waals surface area contributed by atoms with Crippen LogP contribution in [-0.4, -0.2) is 30.1 Å². The lowest BCUT2D eigenvalue weighted by atomic mass is 10.1. The van der Waals surface area contributed by atoms with Gasteiger partial charge in [-0.15, -0.1) is 11.8 Å². The number of thioether (sulfide) groups is 1. The number of hydrogen-bond acceptors (Lipinski definition) is 5. The lowest BCUT2D eigenvalue weighted by molar-refractivity contribution is -0.137. The van der Waals surface area contributed by atoms with Crippen LogP contribution in [0.1, 0.15) is 28.4 Å². The molecule has 7 nitrogen and oxygen atoms in total. The Hall–Kier alpha value is -5.03. The zero-order valence-corrected chi connectivity index (χ0v) is 24.3. The van der Waals surface area contributed by atoms with Gasteiger partial charge >= 0.3 is 6.18 Å². The van der Waals surface area contributed by atoms with E-state index in [1.165, 1.54) is 24.3 Å². The molecule has 0 aliphatic carbocycles. The molecule has 0 saturated carbocycles. The van der Waals surface area contributed by atoms with E-state index in [4.69, 9.17) is 4.74 Å². The van der Waals surface area contributed by atoms with Gasteiger partial charge in [0.15, 0.2) is 0 Å². The first kappa shape index (κ1) is 31.9. The molecule has 0 atom stereocenters. The van der Waals surface area contributed by atoms with E-state index >= 15 is 0 Å². The Morgan fingerprint density at radius 3 is 2.25 bits per heavy atom. The van der Waals surface area contributed by atoms with Gasteiger partial charge in [-0.1, -0.05) is 48.5 Å². The Labute approximate surface area is 256 Å². The Bertz CT molecular complexity index is 1640. The quantitative estimate of drug-likeness (QED) is 0.122. The molecule has 0 bridgehead atoms. The van der Waals surface area contributed by atoms with Crippen molar-refractivity contribution in [1.29, 1.82) is 0 Å². The van der Waals surface area contributed by atoms with Crippen molar-refractivity contribution in [3.63, 3.8) is 0 Å². The first-order valence-electron chi connectivity index (χ1n) is 13.4. The summed E-state index contributed by atoms with van der Waals surface area (Å²) in [5.74, 6) is -1.19. The number of hydrogen-bond donors (Lipinski definition) is 3. The predicted molar refractivity (Wildman–Crippen MR) is 165 cm³/mol. The molecule has 0 spiro atoms. The summed E-state index contributed by atoms with van der Waals surface area (Å²) in [7, 11) is 0. The Balaban J connectivity index is 1.46. The van der Waals surface area contributed by atoms with Gasteiger partial charge in [-0.3, -0.25) is 14.4 Å². The maximum Gasteiger partial charge on any atom is 0.418 e. The fourth-order valence-electron chi connectivity index (χ4n) is 3.97. The molecule has 4 aromatic rings. The molecule has 0 fully saturated rings. The highest BCUT2D eigenvalue weighted by Gasteiger charge is 2.33. The zero-order chi connectivity index (χ0) is 31.5. The van der Waals surface area contributed by atoms with Gasteiger partial charge in [0.1, 0.15) is 11.4 Å². The number of carbonyl (C=O) groups is 3. The number of alkyl halides is 3. The number of rotatable bonds is 11. The van der Waals surface area contributed by atoms with Gasteiger partial charge < -0.3 is 20.7 Å². The summed E-state index contributed by atoms with van der Waals surface area (Å²) >= 11 is 1.09. The highest BCUT2D eigenvalue weighted by molar-refractivity contribution is 8.00. The summed E-state index contributed by atoms with van der Waals surface area (Å²) < 4.78 is 45.2. The van der Waals surface area contributed by atoms with E-state index in [9.17, 15) is 27.6 Å². The van der Waals surface area contributed by atoms with Gasteiger partial charge in [-0.05, 0) is 73.2 Å². The molecular weight excluding hydrogens is 591 g/mol. The summed E-state index contributed by atoms with van der Waals surface area (Å²) in [6, 6.07) is 26.8. The number of carbonyl (C=O) groups excluding carboxylic acids is 3. The second kappa shape index (κ2) is 14.9. The molecule has 44 heavy (non-hydrogen) atoms. The Morgan fingerprint density at radius 2 is 1.55 bits per heavy atom. The van der Waals surface area contributed by atoms with E-state index in [2.05, 4.69) is 16.0 Å². The molecular formula is C33H28F3N3O4S. The van der Waals surface area contributed by atoms with Crippen LogP contribution in [0, 0.1) is 0 Å². The summed E-state index contributed by atoms with van der Waals surface area (Å²) in [4.78, 5) is 39.3. The summed E-state index contributed by atoms with van der Waals surface area (Å²) in [6.07, 6.45) is -3.07. The van der Waals surface area contributed by atoms with Crippen molar-refractivity contribution in [1.82, 2.24) is 5.32 Å². The number of benzene rings is 4. The minimum atomic E-state index is -4.61. The highest BCUT2D eigenvalue weighted by Crippen LogP contribution is 2.34. The monoisotopic (exact) mass is 619 g/mol. The van der Waals surface area contributed by atoms with E-state index in [1.54, 1.807) is 78.9 Å². The van der Waals surface area contributed by atoms with Crippen molar-refractivity contribution in [2.75, 3.05) is 23.0 Å². The van der Waals surface area contributed by atoms with Crippen LogP contribution in [0.5, 0.6) is 5.75 Å². The van der Waals surface area contributed by atoms with E-state index < -0.39 is 29.5 Å². The second-order valence-corrected chi connectivity index (χ2v) is 10.3. The average molecular weight is 620 g/mol. The van der Waals surface area contributed by atoms with Crippen LogP contribution in [0.25, 0.3) is 6.08 Å². The smallest absolute Gasteiger partial charge is 0.418 e. The summed E-state index contributed by atoms with van der Waals surface area (Å²) in [6.45, 7) is 2.37. The van der Waals surface area contributed by atoms with Gasteiger partial charge in [0.05, 0.1) is 23.6 Å². The van der Waals surface area contributed by atoms with Crippen molar-refractivity contribution in [2.24, 2.45) is 0 Å². The maximum absolute atomic E-state index is 13.4. The summed E-state index contributed by atoms with van der Waals surface area (Å²) in [5.41, 5.74) is 0.132. The lowest BCUT2D eigenvalue weighted by Crippen LogP contribution is -2.30. The number of nitrogens with one attached hydrogen (secondary N) is 3. The van der Waals surface area contributed by atoms with Crippen LogP contribution in [0.4, 0.5) is 24.5 Å². The maximum atomic E-state index is 13.4. The van der Waals surface area contributed by atoms with Crippen molar-refractivity contribution in [3.05, 3.63) is 126 Å². The lowest BCUT2D eigenvalue weighted by Gasteiger charge is -2.14. The number of amides is 3. The van der Waals surface area contributed by atoms with Crippen LogP contribution in [0.15, 0.2) is 114 Å². The Kier molecular flexibility index (Phi) is 10.8. The molecule has 0 saturated heterocycles. The summed E-state index contributed by atoms with van der Waals surface area (Å²) in [5, 5.41) is 7.74. The van der Waals surface area contributed by atoms with Gasteiger partial charge in [0, 0.05) is 16.1 Å². The van der Waals surface area contributed by atoms with Crippen LogP contribution in [0.2, 0.25) is 0 Å². The third kappa shape index (κ3) is 9.23. The predicted octanol–water partition coefficient (Wildman–Crippen LogP) is 7.24. The molecule has 4 rings (SSSR count). The van der Waals surface area contributed by atoms with Gasteiger partial charge in [-0.2, -0.15) is 13.2 Å². The number of para-hydroxylation sites is 1.